The zero-order valence-electron chi connectivity index (χ0n) is 10.2. The van der Waals surface area contributed by atoms with Gasteiger partial charge in [0.25, 0.3) is 0 Å². The summed E-state index contributed by atoms with van der Waals surface area (Å²) in [6.45, 7) is 6.25. The van der Waals surface area contributed by atoms with E-state index in [1.54, 1.807) is 12.1 Å². The van der Waals surface area contributed by atoms with Crippen molar-refractivity contribution in [3.05, 3.63) is 29.8 Å². The van der Waals surface area contributed by atoms with Crippen LogP contribution in [0.15, 0.2) is 24.3 Å². The summed E-state index contributed by atoms with van der Waals surface area (Å²) in [5.41, 5.74) is 1.15. The Hall–Kier alpha value is -0.204. The third-order valence-electron chi connectivity index (χ3n) is 2.25. The molecule has 0 amide bonds. The zero-order valence-corrected chi connectivity index (χ0v) is 10.2. The van der Waals surface area contributed by atoms with Gasteiger partial charge < -0.3 is 9.84 Å². The Labute approximate surface area is 149 Å². The van der Waals surface area contributed by atoms with Crippen molar-refractivity contribution in [2.45, 2.75) is 32.6 Å². The number of hydrogen-bond donors (Lipinski definition) is 1. The first-order valence-electron chi connectivity index (χ1n) is 5.32. The second-order valence-corrected chi connectivity index (χ2v) is 4.82. The molecule has 0 fully saturated rings. The Morgan fingerprint density at radius 1 is 1.17 bits per heavy atom. The van der Waals surface area contributed by atoms with Gasteiger partial charge in [-0.3, -0.25) is 9.59 Å². The van der Waals surface area contributed by atoms with Gasteiger partial charge in [0.2, 0.25) is 0 Å². The fourth-order valence-electron chi connectivity index (χ4n) is 1.31. The summed E-state index contributed by atoms with van der Waals surface area (Å²) in [5, 5.41) is 8.41. The van der Waals surface area contributed by atoms with E-state index < -0.39 is 18.4 Å². The summed E-state index contributed by atoms with van der Waals surface area (Å²) in [6.07, 6.45) is -0.624. The fraction of sp³-hybridized carbons (Fsp3) is 0.385. The quantitative estimate of drug-likeness (QED) is 0.395. The average molecular weight is 276 g/mol. The van der Waals surface area contributed by atoms with Gasteiger partial charge in [-0.15, -0.1) is 0 Å². The Morgan fingerprint density at radius 3 is 2.06 bits per heavy atom. The molecule has 0 saturated carbocycles. The number of carboxylic acid groups (broad SMARTS) is 1. The molecule has 0 unspecified atom stereocenters. The van der Waals surface area contributed by atoms with Crippen molar-refractivity contribution in [2.24, 2.45) is 0 Å². The van der Waals surface area contributed by atoms with Crippen LogP contribution >= 0.6 is 0 Å². The molecule has 18 heavy (non-hydrogen) atoms. The van der Waals surface area contributed by atoms with E-state index in [2.05, 4.69) is 20.8 Å². The molecule has 1 rings (SSSR count). The fourth-order valence-corrected chi connectivity index (χ4v) is 1.31. The molecule has 1 N–H and O–H groups in total. The van der Waals surface area contributed by atoms with Gasteiger partial charge in [-0.1, -0.05) is 32.9 Å². The van der Waals surface area contributed by atoms with E-state index in [-0.39, 0.29) is 56.8 Å². The van der Waals surface area contributed by atoms with Gasteiger partial charge in [-0.25, -0.2) is 0 Å². The first-order valence-corrected chi connectivity index (χ1v) is 5.32. The van der Waals surface area contributed by atoms with E-state index >= 15 is 0 Å². The van der Waals surface area contributed by atoms with Crippen molar-refractivity contribution in [3.8, 4) is 5.75 Å². The first kappa shape index (κ1) is 17.8. The number of rotatable bonds is 3. The van der Waals surface area contributed by atoms with Crippen LogP contribution in [0.4, 0.5) is 0 Å². The van der Waals surface area contributed by atoms with Crippen LogP contribution in [0.1, 0.15) is 32.8 Å². The molecule has 1 aromatic carbocycles. The van der Waals surface area contributed by atoms with Crippen molar-refractivity contribution in [1.29, 1.82) is 0 Å². The van der Waals surface area contributed by atoms with Gasteiger partial charge in [-0.05, 0) is 23.1 Å². The van der Waals surface area contributed by atoms with Crippen LogP contribution in [-0.4, -0.2) is 68.4 Å². The molecule has 0 saturated heterocycles. The van der Waals surface area contributed by atoms with Crippen LogP contribution in [-0.2, 0) is 15.0 Å². The standard InChI is InChI=1S/C13H16O4.K.H/c1-13(2,3)9-4-6-10(7-5-9)17-12(16)8-11(14)15;;/h4-7H,8H2,1-3H3,(H,14,15);;. The number of aliphatic carboxylic acids is 1. The molecule has 0 radical (unpaired) electrons. The molecule has 0 aromatic heterocycles. The number of carboxylic acids is 1. The van der Waals surface area contributed by atoms with E-state index in [9.17, 15) is 9.59 Å². The number of carbonyl (C=O) groups excluding carboxylic acids is 1. The molecule has 0 spiro atoms. The van der Waals surface area contributed by atoms with Gasteiger partial charge in [0.1, 0.15) is 12.2 Å². The molecule has 0 atom stereocenters. The minimum absolute atomic E-state index is 0. The van der Waals surface area contributed by atoms with E-state index in [1.807, 2.05) is 12.1 Å². The van der Waals surface area contributed by atoms with Crippen LogP contribution in [0, 0.1) is 0 Å². The van der Waals surface area contributed by atoms with Crippen LogP contribution in [0.2, 0.25) is 0 Å². The first-order chi connectivity index (χ1) is 7.79. The molecule has 5 heteroatoms. The Morgan fingerprint density at radius 2 is 1.67 bits per heavy atom. The maximum atomic E-state index is 11.1. The van der Waals surface area contributed by atoms with Gasteiger partial charge >= 0.3 is 63.3 Å². The van der Waals surface area contributed by atoms with E-state index in [1.165, 1.54) is 0 Å². The molecule has 0 aliphatic heterocycles. The summed E-state index contributed by atoms with van der Waals surface area (Å²) in [7, 11) is 0. The molecule has 0 aliphatic carbocycles. The normalized spacial score (nSPS) is 10.4. The van der Waals surface area contributed by atoms with Crippen molar-refractivity contribution >= 4 is 63.3 Å². The Kier molecular flexibility index (Phi) is 7.32. The van der Waals surface area contributed by atoms with Crippen molar-refractivity contribution < 1.29 is 19.4 Å². The molecule has 94 valence electrons. The van der Waals surface area contributed by atoms with Gasteiger partial charge in [0.05, 0.1) is 0 Å². The third kappa shape index (κ3) is 6.11. The summed E-state index contributed by atoms with van der Waals surface area (Å²) in [4.78, 5) is 21.4. The number of carbonyl (C=O) groups is 2. The third-order valence-corrected chi connectivity index (χ3v) is 2.25. The van der Waals surface area contributed by atoms with E-state index in [4.69, 9.17) is 9.84 Å². The van der Waals surface area contributed by atoms with Crippen LogP contribution in [0.5, 0.6) is 5.75 Å². The van der Waals surface area contributed by atoms with Crippen LogP contribution < -0.4 is 4.74 Å². The summed E-state index contributed by atoms with van der Waals surface area (Å²) >= 11 is 0. The predicted molar refractivity (Wildman–Crippen MR) is 70.2 cm³/mol. The summed E-state index contributed by atoms with van der Waals surface area (Å²) in [5.74, 6) is -1.59. The monoisotopic (exact) mass is 276 g/mol. The minimum atomic E-state index is -1.19. The second kappa shape index (κ2) is 7.40. The molecule has 0 heterocycles. The molecule has 1 aromatic rings. The second-order valence-electron chi connectivity index (χ2n) is 4.82. The van der Waals surface area contributed by atoms with Crippen LogP contribution in [0.25, 0.3) is 0 Å². The SMILES string of the molecule is CC(C)(C)c1ccc(OC(=O)CC(=O)O)cc1.[KH]. The molecular weight excluding hydrogens is 259 g/mol. The van der Waals surface area contributed by atoms with Gasteiger partial charge in [-0.2, -0.15) is 0 Å². The van der Waals surface area contributed by atoms with E-state index in [0.717, 1.165) is 5.56 Å². The topological polar surface area (TPSA) is 63.6 Å². The number of esters is 1. The number of ether oxygens (including phenoxy) is 1. The number of benzene rings is 1. The van der Waals surface area contributed by atoms with Crippen molar-refractivity contribution in [1.82, 2.24) is 0 Å². The molecule has 0 bridgehead atoms. The Balaban J connectivity index is 0.00000289. The molecule has 4 nitrogen and oxygen atoms in total. The van der Waals surface area contributed by atoms with Crippen molar-refractivity contribution in [3.63, 3.8) is 0 Å². The average Bonchev–Trinajstić information content (AvgIpc) is 2.15. The summed E-state index contributed by atoms with van der Waals surface area (Å²) in [6, 6.07) is 7.06. The molecule has 0 aliphatic rings. The van der Waals surface area contributed by atoms with Gasteiger partial charge in [0, 0.05) is 0 Å². The zero-order chi connectivity index (χ0) is 13.1. The number of hydrogen-bond acceptors (Lipinski definition) is 3. The Bertz CT molecular complexity index is 418. The van der Waals surface area contributed by atoms with Crippen LogP contribution in [0.3, 0.4) is 0 Å². The maximum absolute atomic E-state index is 11.1. The van der Waals surface area contributed by atoms with E-state index in [0.29, 0.717) is 5.75 Å². The predicted octanol–water partition coefficient (Wildman–Crippen LogP) is 1.72. The summed E-state index contributed by atoms with van der Waals surface area (Å²) < 4.78 is 4.87. The van der Waals surface area contributed by atoms with Gasteiger partial charge in [0.15, 0.2) is 0 Å². The molecular formula is C13H17KO4. The van der Waals surface area contributed by atoms with Crippen molar-refractivity contribution in [2.75, 3.05) is 0 Å².